The quantitative estimate of drug-likeness (QED) is 0.895. The van der Waals surface area contributed by atoms with Gasteiger partial charge in [-0.1, -0.05) is 29.3 Å². The van der Waals surface area contributed by atoms with E-state index in [1.165, 1.54) is 47.7 Å². The van der Waals surface area contributed by atoms with Crippen molar-refractivity contribution in [3.8, 4) is 0 Å². The second kappa shape index (κ2) is 7.48. The third-order valence-electron chi connectivity index (χ3n) is 4.21. The minimum absolute atomic E-state index is 0.468. The smallest absolute Gasteiger partial charge is 0.0329 e. The zero-order valence-corrected chi connectivity index (χ0v) is 14.1. The molecule has 0 radical (unpaired) electrons. The van der Waals surface area contributed by atoms with E-state index < -0.39 is 0 Å². The molecular weight excluding hydrogens is 264 g/mol. The summed E-state index contributed by atoms with van der Waals surface area (Å²) in [6, 6.07) is 8.09. The highest BCUT2D eigenvalue weighted by atomic mass is 32.2. The molecule has 2 nitrogen and oxygen atoms in total. The summed E-state index contributed by atoms with van der Waals surface area (Å²) in [5.74, 6) is 2.58. The number of thioether (sulfide) groups is 1. The van der Waals surface area contributed by atoms with E-state index in [0.29, 0.717) is 6.04 Å². The number of aryl methyl sites for hydroxylation is 2. The predicted molar refractivity (Wildman–Crippen MR) is 90.7 cm³/mol. The van der Waals surface area contributed by atoms with E-state index in [-0.39, 0.29) is 0 Å². The number of rotatable bonds is 5. The summed E-state index contributed by atoms with van der Waals surface area (Å²) in [6.07, 6.45) is 1.19. The first kappa shape index (κ1) is 15.9. The van der Waals surface area contributed by atoms with Crippen LogP contribution < -0.4 is 5.32 Å². The Morgan fingerprint density at radius 3 is 2.60 bits per heavy atom. The first-order valence-corrected chi connectivity index (χ1v) is 8.83. The van der Waals surface area contributed by atoms with E-state index in [0.717, 1.165) is 6.04 Å². The van der Waals surface area contributed by atoms with Gasteiger partial charge in [0.2, 0.25) is 0 Å². The molecule has 1 saturated heterocycles. The summed E-state index contributed by atoms with van der Waals surface area (Å²) in [5, 5.41) is 3.50. The molecule has 1 aromatic rings. The van der Waals surface area contributed by atoms with E-state index >= 15 is 0 Å². The van der Waals surface area contributed by atoms with Gasteiger partial charge in [-0.05, 0) is 39.8 Å². The molecule has 1 aliphatic rings. The average molecular weight is 292 g/mol. The molecule has 0 aliphatic carbocycles. The lowest BCUT2D eigenvalue weighted by molar-refractivity contribution is 0.220. The number of nitrogens with one attached hydrogen (secondary N) is 1. The van der Waals surface area contributed by atoms with E-state index in [9.17, 15) is 0 Å². The summed E-state index contributed by atoms with van der Waals surface area (Å²) in [7, 11) is 2.08. The van der Waals surface area contributed by atoms with Crippen molar-refractivity contribution in [1.29, 1.82) is 0 Å². The molecule has 2 rings (SSSR count). The maximum atomic E-state index is 3.50. The average Bonchev–Trinajstić information content (AvgIpc) is 2.40. The fourth-order valence-electron chi connectivity index (χ4n) is 3.08. The first-order valence-electron chi connectivity index (χ1n) is 7.67. The van der Waals surface area contributed by atoms with Crippen molar-refractivity contribution in [2.75, 3.05) is 31.6 Å². The van der Waals surface area contributed by atoms with Crippen molar-refractivity contribution in [1.82, 2.24) is 10.2 Å². The van der Waals surface area contributed by atoms with Gasteiger partial charge >= 0.3 is 0 Å². The normalized spacial score (nSPS) is 21.9. The molecule has 1 aromatic carbocycles. The monoisotopic (exact) mass is 292 g/mol. The zero-order chi connectivity index (χ0) is 14.5. The fraction of sp³-hybridized carbons (Fsp3) is 0.647. The Morgan fingerprint density at radius 1 is 1.30 bits per heavy atom. The van der Waals surface area contributed by atoms with Gasteiger partial charge in [-0.3, -0.25) is 4.90 Å². The standard InChI is InChI=1S/C17H28N2S/c1-13-9-14(2)11-16(10-13)17(18-4)5-6-19-7-8-20-12-15(19)3/h9-11,15,17-18H,5-8,12H2,1-4H3. The second-order valence-corrected chi connectivity index (χ2v) is 7.16. The summed E-state index contributed by atoms with van der Waals surface area (Å²) < 4.78 is 0. The largest absolute Gasteiger partial charge is 0.313 e. The molecule has 1 heterocycles. The molecule has 1 N–H and O–H groups in total. The molecule has 20 heavy (non-hydrogen) atoms. The lowest BCUT2D eigenvalue weighted by atomic mass is 9.99. The van der Waals surface area contributed by atoms with Gasteiger partial charge in [0.1, 0.15) is 0 Å². The van der Waals surface area contributed by atoms with Crippen LogP contribution in [-0.2, 0) is 0 Å². The first-order chi connectivity index (χ1) is 9.60. The number of nitrogens with zero attached hydrogens (tertiary/aromatic N) is 1. The minimum atomic E-state index is 0.468. The van der Waals surface area contributed by atoms with Gasteiger partial charge < -0.3 is 5.32 Å². The molecule has 0 saturated carbocycles. The van der Waals surface area contributed by atoms with Crippen molar-refractivity contribution in [2.45, 2.75) is 39.3 Å². The van der Waals surface area contributed by atoms with Crippen molar-refractivity contribution in [3.63, 3.8) is 0 Å². The highest BCUT2D eigenvalue weighted by Gasteiger charge is 2.20. The Bertz CT molecular complexity index is 413. The molecule has 112 valence electrons. The molecule has 1 aliphatic heterocycles. The highest BCUT2D eigenvalue weighted by molar-refractivity contribution is 7.99. The molecule has 3 heteroatoms. The van der Waals surface area contributed by atoms with Gasteiger partial charge in [0.05, 0.1) is 0 Å². The van der Waals surface area contributed by atoms with Crippen molar-refractivity contribution < 1.29 is 0 Å². The van der Waals surface area contributed by atoms with Gasteiger partial charge in [-0.2, -0.15) is 11.8 Å². The Kier molecular flexibility index (Phi) is 5.94. The minimum Gasteiger partial charge on any atom is -0.313 e. The van der Waals surface area contributed by atoms with Crippen molar-refractivity contribution in [2.24, 2.45) is 0 Å². The molecule has 0 spiro atoms. The number of hydrogen-bond acceptors (Lipinski definition) is 3. The van der Waals surface area contributed by atoms with Crippen LogP contribution in [0, 0.1) is 13.8 Å². The molecule has 0 aromatic heterocycles. The van der Waals surface area contributed by atoms with Crippen LogP contribution in [0.25, 0.3) is 0 Å². The third-order valence-corrected chi connectivity index (χ3v) is 5.39. The molecular formula is C17H28N2S. The van der Waals surface area contributed by atoms with Crippen LogP contribution in [0.4, 0.5) is 0 Å². The van der Waals surface area contributed by atoms with Gasteiger partial charge in [0, 0.05) is 36.7 Å². The third kappa shape index (κ3) is 4.24. The van der Waals surface area contributed by atoms with E-state index in [2.05, 4.69) is 68.0 Å². The molecule has 0 bridgehead atoms. The summed E-state index contributed by atoms with van der Waals surface area (Å²) in [4.78, 5) is 2.64. The summed E-state index contributed by atoms with van der Waals surface area (Å²) in [6.45, 7) is 9.17. The maximum absolute atomic E-state index is 3.50. The van der Waals surface area contributed by atoms with Crippen LogP contribution >= 0.6 is 11.8 Å². The fourth-order valence-corrected chi connectivity index (χ4v) is 4.16. The lowest BCUT2D eigenvalue weighted by Gasteiger charge is -2.34. The number of hydrogen-bond donors (Lipinski definition) is 1. The van der Waals surface area contributed by atoms with Crippen LogP contribution in [0.15, 0.2) is 18.2 Å². The summed E-state index contributed by atoms with van der Waals surface area (Å²) >= 11 is 2.09. The topological polar surface area (TPSA) is 15.3 Å². The Balaban J connectivity index is 1.97. The molecule has 0 amide bonds. The van der Waals surface area contributed by atoms with Gasteiger partial charge in [-0.25, -0.2) is 0 Å². The van der Waals surface area contributed by atoms with Crippen molar-refractivity contribution >= 4 is 11.8 Å². The Labute approximate surface area is 128 Å². The Morgan fingerprint density at radius 2 is 2.00 bits per heavy atom. The summed E-state index contributed by atoms with van der Waals surface area (Å²) in [5.41, 5.74) is 4.16. The van der Waals surface area contributed by atoms with Crippen LogP contribution in [0.3, 0.4) is 0 Å². The molecule has 2 unspecified atom stereocenters. The highest BCUT2D eigenvalue weighted by Crippen LogP contribution is 2.22. The van der Waals surface area contributed by atoms with Crippen LogP contribution in [0.1, 0.15) is 36.1 Å². The van der Waals surface area contributed by atoms with Gasteiger partial charge in [-0.15, -0.1) is 0 Å². The molecule has 1 fully saturated rings. The van der Waals surface area contributed by atoms with E-state index in [4.69, 9.17) is 0 Å². The predicted octanol–water partition coefficient (Wildman–Crippen LogP) is 3.39. The van der Waals surface area contributed by atoms with Crippen LogP contribution in [0.5, 0.6) is 0 Å². The van der Waals surface area contributed by atoms with Gasteiger partial charge in [0.15, 0.2) is 0 Å². The Hall–Kier alpha value is -0.510. The van der Waals surface area contributed by atoms with E-state index in [1.807, 2.05) is 0 Å². The molecule has 2 atom stereocenters. The van der Waals surface area contributed by atoms with E-state index in [1.54, 1.807) is 0 Å². The maximum Gasteiger partial charge on any atom is 0.0329 e. The second-order valence-electron chi connectivity index (χ2n) is 6.01. The number of benzene rings is 1. The zero-order valence-electron chi connectivity index (χ0n) is 13.3. The van der Waals surface area contributed by atoms with Gasteiger partial charge in [0.25, 0.3) is 0 Å². The van der Waals surface area contributed by atoms with Crippen LogP contribution in [-0.4, -0.2) is 42.6 Å². The lowest BCUT2D eigenvalue weighted by Crippen LogP contribution is -2.41. The van der Waals surface area contributed by atoms with Crippen LogP contribution in [0.2, 0.25) is 0 Å². The SMILES string of the molecule is CNC(CCN1CCSCC1C)c1cc(C)cc(C)c1. The van der Waals surface area contributed by atoms with Crippen molar-refractivity contribution in [3.05, 3.63) is 34.9 Å².